The van der Waals surface area contributed by atoms with Crippen LogP contribution in [0.1, 0.15) is 30.9 Å². The highest BCUT2D eigenvalue weighted by atomic mass is 16.5. The highest BCUT2D eigenvalue weighted by Gasteiger charge is 2.03. The standard InChI is InChI=1S/C14H22N2O2/c1-11(2)13-7-5-12(6-8-13)9-18-10-14(17)15-16(3)4/h5-8,11H,9-10H2,1-4H3,(H,15,17). The molecule has 0 aromatic heterocycles. The summed E-state index contributed by atoms with van der Waals surface area (Å²) >= 11 is 0. The van der Waals surface area contributed by atoms with Crippen LogP contribution in [0.25, 0.3) is 0 Å². The van der Waals surface area contributed by atoms with E-state index in [1.165, 1.54) is 5.56 Å². The average Bonchev–Trinajstić information content (AvgIpc) is 2.28. The lowest BCUT2D eigenvalue weighted by Gasteiger charge is -2.12. The fourth-order valence-electron chi connectivity index (χ4n) is 1.54. The first-order chi connectivity index (χ1) is 8.49. The first-order valence-corrected chi connectivity index (χ1v) is 6.12. The second-order valence-corrected chi connectivity index (χ2v) is 4.82. The number of hydrazine groups is 1. The van der Waals surface area contributed by atoms with E-state index in [2.05, 4.69) is 31.4 Å². The lowest BCUT2D eigenvalue weighted by molar-refractivity contribution is -0.129. The summed E-state index contributed by atoms with van der Waals surface area (Å²) in [5, 5.41) is 1.60. The van der Waals surface area contributed by atoms with Gasteiger partial charge in [-0.1, -0.05) is 38.1 Å². The highest BCUT2D eigenvalue weighted by Crippen LogP contribution is 2.14. The number of amides is 1. The molecular weight excluding hydrogens is 228 g/mol. The van der Waals surface area contributed by atoms with Crippen LogP contribution in [0.4, 0.5) is 0 Å². The van der Waals surface area contributed by atoms with Crippen molar-refractivity contribution in [3.05, 3.63) is 35.4 Å². The average molecular weight is 250 g/mol. The molecule has 1 aromatic carbocycles. The van der Waals surface area contributed by atoms with Gasteiger partial charge in [-0.2, -0.15) is 0 Å². The molecule has 18 heavy (non-hydrogen) atoms. The van der Waals surface area contributed by atoms with Gasteiger partial charge in [0.1, 0.15) is 6.61 Å². The molecule has 0 saturated carbocycles. The molecule has 0 radical (unpaired) electrons. The lowest BCUT2D eigenvalue weighted by atomic mass is 10.0. The van der Waals surface area contributed by atoms with Crippen LogP contribution in [-0.4, -0.2) is 31.6 Å². The van der Waals surface area contributed by atoms with Crippen molar-refractivity contribution in [2.24, 2.45) is 0 Å². The van der Waals surface area contributed by atoms with E-state index in [4.69, 9.17) is 4.74 Å². The first kappa shape index (κ1) is 14.7. The molecule has 1 N–H and O–H groups in total. The minimum Gasteiger partial charge on any atom is -0.367 e. The molecule has 4 nitrogen and oxygen atoms in total. The molecule has 4 heteroatoms. The van der Waals surface area contributed by atoms with Crippen LogP contribution in [0.2, 0.25) is 0 Å². The Morgan fingerprint density at radius 2 is 1.89 bits per heavy atom. The van der Waals surface area contributed by atoms with Crippen molar-refractivity contribution in [3.63, 3.8) is 0 Å². The third-order valence-corrected chi connectivity index (χ3v) is 2.50. The van der Waals surface area contributed by atoms with E-state index in [9.17, 15) is 4.79 Å². The predicted octanol–water partition coefficient (Wildman–Crippen LogP) is 1.92. The summed E-state index contributed by atoms with van der Waals surface area (Å²) in [7, 11) is 3.53. The van der Waals surface area contributed by atoms with Gasteiger partial charge in [-0.3, -0.25) is 10.2 Å². The maximum atomic E-state index is 11.3. The second-order valence-electron chi connectivity index (χ2n) is 4.82. The van der Waals surface area contributed by atoms with Crippen LogP contribution in [0.5, 0.6) is 0 Å². The van der Waals surface area contributed by atoms with Crippen molar-refractivity contribution >= 4 is 5.91 Å². The predicted molar refractivity (Wildman–Crippen MR) is 72.0 cm³/mol. The number of hydrogen-bond acceptors (Lipinski definition) is 3. The molecule has 1 aromatic rings. The van der Waals surface area contributed by atoms with Crippen LogP contribution >= 0.6 is 0 Å². The number of carbonyl (C=O) groups is 1. The normalized spacial score (nSPS) is 11.0. The van der Waals surface area contributed by atoms with Gasteiger partial charge in [0.15, 0.2) is 0 Å². The molecule has 0 saturated heterocycles. The number of rotatable bonds is 6. The molecular formula is C14H22N2O2. The van der Waals surface area contributed by atoms with Gasteiger partial charge < -0.3 is 4.74 Å². The van der Waals surface area contributed by atoms with E-state index in [0.29, 0.717) is 12.5 Å². The molecule has 1 rings (SSSR count). The molecule has 0 unspecified atom stereocenters. The first-order valence-electron chi connectivity index (χ1n) is 6.12. The van der Waals surface area contributed by atoms with Gasteiger partial charge >= 0.3 is 0 Å². The number of ether oxygens (including phenoxy) is 1. The van der Waals surface area contributed by atoms with Crippen molar-refractivity contribution in [1.82, 2.24) is 10.4 Å². The quantitative estimate of drug-likeness (QED) is 0.784. The minimum absolute atomic E-state index is 0.0735. The summed E-state index contributed by atoms with van der Waals surface area (Å²) in [5.74, 6) is 0.393. The van der Waals surface area contributed by atoms with Crippen molar-refractivity contribution < 1.29 is 9.53 Å². The summed E-state index contributed by atoms with van der Waals surface area (Å²) in [6, 6.07) is 8.28. The molecule has 0 aliphatic carbocycles. The Kier molecular flexibility index (Phi) is 5.82. The number of benzene rings is 1. The summed E-state index contributed by atoms with van der Waals surface area (Å²) in [4.78, 5) is 11.3. The third-order valence-electron chi connectivity index (χ3n) is 2.50. The second kappa shape index (κ2) is 7.13. The molecule has 0 spiro atoms. The summed E-state index contributed by atoms with van der Waals surface area (Å²) in [6.45, 7) is 4.86. The summed E-state index contributed by atoms with van der Waals surface area (Å²) in [5.41, 5.74) is 5.01. The topological polar surface area (TPSA) is 41.6 Å². The lowest BCUT2D eigenvalue weighted by Crippen LogP contribution is -2.38. The van der Waals surface area contributed by atoms with E-state index >= 15 is 0 Å². The van der Waals surface area contributed by atoms with Crippen molar-refractivity contribution in [3.8, 4) is 0 Å². The van der Waals surface area contributed by atoms with E-state index in [0.717, 1.165) is 5.56 Å². The molecule has 100 valence electrons. The Labute approximate surface area is 109 Å². The zero-order valence-electron chi connectivity index (χ0n) is 11.6. The maximum Gasteiger partial charge on any atom is 0.260 e. The molecule has 0 fully saturated rings. The largest absolute Gasteiger partial charge is 0.367 e. The van der Waals surface area contributed by atoms with Crippen molar-refractivity contribution in [1.29, 1.82) is 0 Å². The Morgan fingerprint density at radius 1 is 1.28 bits per heavy atom. The number of nitrogens with one attached hydrogen (secondary N) is 1. The fourth-order valence-corrected chi connectivity index (χ4v) is 1.54. The van der Waals surface area contributed by atoms with E-state index in [-0.39, 0.29) is 12.5 Å². The Bertz CT molecular complexity index is 372. The number of nitrogens with zero attached hydrogens (tertiary/aromatic N) is 1. The van der Waals surface area contributed by atoms with Crippen LogP contribution in [-0.2, 0) is 16.1 Å². The fraction of sp³-hybridized carbons (Fsp3) is 0.500. The number of carbonyl (C=O) groups excluding carboxylic acids is 1. The van der Waals surface area contributed by atoms with Gasteiger partial charge in [-0.25, -0.2) is 5.01 Å². The highest BCUT2D eigenvalue weighted by molar-refractivity contribution is 5.76. The molecule has 0 aliphatic heterocycles. The zero-order valence-corrected chi connectivity index (χ0v) is 11.6. The van der Waals surface area contributed by atoms with Crippen LogP contribution in [0.3, 0.4) is 0 Å². The van der Waals surface area contributed by atoms with E-state index in [1.807, 2.05) is 12.1 Å². The van der Waals surface area contributed by atoms with E-state index < -0.39 is 0 Å². The maximum absolute atomic E-state index is 11.3. The number of hydrogen-bond donors (Lipinski definition) is 1. The Balaban J connectivity index is 2.33. The molecule has 0 bridgehead atoms. The van der Waals surface area contributed by atoms with Crippen molar-refractivity contribution in [2.45, 2.75) is 26.4 Å². The Morgan fingerprint density at radius 3 is 2.39 bits per heavy atom. The Hall–Kier alpha value is -1.39. The van der Waals surface area contributed by atoms with Gasteiger partial charge in [0.05, 0.1) is 6.61 Å². The molecule has 0 aliphatic rings. The smallest absolute Gasteiger partial charge is 0.260 e. The van der Waals surface area contributed by atoms with E-state index in [1.54, 1.807) is 19.1 Å². The third kappa shape index (κ3) is 5.29. The summed E-state index contributed by atoms with van der Waals surface area (Å²) < 4.78 is 5.34. The zero-order chi connectivity index (χ0) is 13.5. The minimum atomic E-state index is -0.140. The van der Waals surface area contributed by atoms with Gasteiger partial charge in [-0.15, -0.1) is 0 Å². The van der Waals surface area contributed by atoms with Crippen LogP contribution < -0.4 is 5.43 Å². The summed E-state index contributed by atoms with van der Waals surface area (Å²) in [6.07, 6.45) is 0. The van der Waals surface area contributed by atoms with Crippen LogP contribution in [0.15, 0.2) is 24.3 Å². The monoisotopic (exact) mass is 250 g/mol. The van der Waals surface area contributed by atoms with Gasteiger partial charge in [0.25, 0.3) is 5.91 Å². The van der Waals surface area contributed by atoms with Crippen molar-refractivity contribution in [2.75, 3.05) is 20.7 Å². The SMILES string of the molecule is CC(C)c1ccc(COCC(=O)NN(C)C)cc1. The van der Waals surface area contributed by atoms with Crippen LogP contribution in [0, 0.1) is 0 Å². The molecule has 0 atom stereocenters. The van der Waals surface area contributed by atoms with Gasteiger partial charge in [0.2, 0.25) is 0 Å². The van der Waals surface area contributed by atoms with Gasteiger partial charge in [0, 0.05) is 14.1 Å². The molecule has 0 heterocycles. The molecule has 1 amide bonds. The van der Waals surface area contributed by atoms with Gasteiger partial charge in [-0.05, 0) is 17.0 Å².